The fourth-order valence-electron chi connectivity index (χ4n) is 3.56. The normalized spacial score (nSPS) is 13.1. The van der Waals surface area contributed by atoms with Gasteiger partial charge in [-0.2, -0.15) is 0 Å². The Bertz CT molecular complexity index is 1450. The van der Waals surface area contributed by atoms with Crippen LogP contribution in [0.4, 0.5) is 17.1 Å². The first-order chi connectivity index (χ1) is 17.7. The Morgan fingerprint density at radius 1 is 0.892 bits per heavy atom. The summed E-state index contributed by atoms with van der Waals surface area (Å²) in [6.07, 6.45) is 0. The van der Waals surface area contributed by atoms with E-state index in [1.165, 1.54) is 12.1 Å². The number of benzene rings is 3. The maximum Gasteiger partial charge on any atom is 0.338 e. The van der Waals surface area contributed by atoms with E-state index < -0.39 is 23.7 Å². The molecule has 0 saturated carbocycles. The number of imide groups is 1. The summed E-state index contributed by atoms with van der Waals surface area (Å²) < 4.78 is 4.95. The van der Waals surface area contributed by atoms with Gasteiger partial charge in [0.05, 0.1) is 17.9 Å². The average molecular weight is 538 g/mol. The molecular weight excluding hydrogens is 517 g/mol. The minimum absolute atomic E-state index is 0.115. The average Bonchev–Trinajstić information content (AvgIpc) is 3.09. The summed E-state index contributed by atoms with van der Waals surface area (Å²) >= 11 is 12.4. The molecule has 0 aromatic heterocycles. The minimum atomic E-state index is -0.686. The van der Waals surface area contributed by atoms with Gasteiger partial charge in [0.15, 0.2) is 0 Å². The van der Waals surface area contributed by atoms with Crippen molar-refractivity contribution in [2.75, 3.05) is 22.1 Å². The number of halogens is 2. The van der Waals surface area contributed by atoms with Crippen LogP contribution in [0.2, 0.25) is 5.02 Å². The summed E-state index contributed by atoms with van der Waals surface area (Å²) in [4.78, 5) is 51.3. The lowest BCUT2D eigenvalue weighted by molar-refractivity contribution is -0.120. The van der Waals surface area contributed by atoms with Crippen molar-refractivity contribution in [1.29, 1.82) is 0 Å². The van der Waals surface area contributed by atoms with Crippen LogP contribution in [0.3, 0.4) is 0 Å². The standard InChI is InChI=1S/C27H21Cl2N3O5/c1-3-37-27(36)16-8-10-18(11-9-16)31-24(33)17-5-4-6-19(13-17)30-23-22(29)25(34)32(26(23)35)20-12-7-15(2)21(28)14-20/h4-14,30H,3H2,1-2H3,(H,31,33). The zero-order valence-corrected chi connectivity index (χ0v) is 21.3. The van der Waals surface area contributed by atoms with Crippen molar-refractivity contribution in [2.45, 2.75) is 13.8 Å². The second-order valence-corrected chi connectivity index (χ2v) is 8.81. The molecule has 0 atom stereocenters. The first-order valence-corrected chi connectivity index (χ1v) is 12.0. The van der Waals surface area contributed by atoms with E-state index in [1.807, 2.05) is 0 Å². The lowest BCUT2D eigenvalue weighted by Crippen LogP contribution is -2.32. The number of rotatable bonds is 7. The zero-order valence-electron chi connectivity index (χ0n) is 19.8. The van der Waals surface area contributed by atoms with Crippen molar-refractivity contribution in [2.24, 2.45) is 0 Å². The Labute approximate surface area is 222 Å². The molecule has 3 aromatic carbocycles. The number of hydrogen-bond acceptors (Lipinski definition) is 6. The summed E-state index contributed by atoms with van der Waals surface area (Å²) in [5.74, 6) is -2.20. The fraction of sp³-hybridized carbons (Fsp3) is 0.111. The molecule has 37 heavy (non-hydrogen) atoms. The number of esters is 1. The van der Waals surface area contributed by atoms with E-state index in [0.29, 0.717) is 27.6 Å². The van der Waals surface area contributed by atoms with Gasteiger partial charge in [0.2, 0.25) is 0 Å². The maximum atomic E-state index is 13.0. The Morgan fingerprint density at radius 2 is 1.62 bits per heavy atom. The van der Waals surface area contributed by atoms with Crippen LogP contribution in [0.1, 0.15) is 33.2 Å². The second-order valence-electron chi connectivity index (χ2n) is 8.03. The Kier molecular flexibility index (Phi) is 7.61. The van der Waals surface area contributed by atoms with E-state index in [2.05, 4.69) is 10.6 Å². The maximum absolute atomic E-state index is 13.0. The number of ether oxygens (including phenoxy) is 1. The summed E-state index contributed by atoms with van der Waals surface area (Å²) in [5.41, 5.74) is 2.49. The number of nitrogens with one attached hydrogen (secondary N) is 2. The zero-order chi connectivity index (χ0) is 26.7. The van der Waals surface area contributed by atoms with Gasteiger partial charge >= 0.3 is 5.97 Å². The topological polar surface area (TPSA) is 105 Å². The van der Waals surface area contributed by atoms with Crippen LogP contribution in [0.25, 0.3) is 0 Å². The molecule has 1 aliphatic rings. The van der Waals surface area contributed by atoms with E-state index >= 15 is 0 Å². The van der Waals surface area contributed by atoms with Crippen LogP contribution in [0, 0.1) is 6.92 Å². The van der Waals surface area contributed by atoms with E-state index in [-0.39, 0.29) is 22.9 Å². The van der Waals surface area contributed by atoms with Crippen LogP contribution in [0.5, 0.6) is 0 Å². The summed E-state index contributed by atoms with van der Waals surface area (Å²) in [6.45, 7) is 3.79. The smallest absolute Gasteiger partial charge is 0.338 e. The van der Waals surface area contributed by atoms with E-state index in [0.717, 1.165) is 10.5 Å². The first-order valence-electron chi connectivity index (χ1n) is 11.2. The number of anilines is 3. The van der Waals surface area contributed by atoms with Crippen molar-refractivity contribution < 1.29 is 23.9 Å². The number of amides is 3. The SMILES string of the molecule is CCOC(=O)c1ccc(NC(=O)c2cccc(NC3=C(Cl)C(=O)N(c4ccc(C)c(Cl)c4)C3=O)c2)cc1. The molecule has 1 heterocycles. The molecule has 0 aliphatic carbocycles. The van der Waals surface area contributed by atoms with Crippen molar-refractivity contribution in [1.82, 2.24) is 0 Å². The van der Waals surface area contributed by atoms with E-state index in [9.17, 15) is 19.2 Å². The molecule has 0 fully saturated rings. The largest absolute Gasteiger partial charge is 0.462 e. The highest BCUT2D eigenvalue weighted by molar-refractivity contribution is 6.53. The Hall–Kier alpha value is -4.14. The molecule has 4 rings (SSSR count). The monoisotopic (exact) mass is 537 g/mol. The number of hydrogen-bond donors (Lipinski definition) is 2. The lowest BCUT2D eigenvalue weighted by atomic mass is 10.1. The Morgan fingerprint density at radius 3 is 2.30 bits per heavy atom. The van der Waals surface area contributed by atoms with Gasteiger partial charge in [-0.15, -0.1) is 0 Å². The summed E-state index contributed by atoms with van der Waals surface area (Å²) in [7, 11) is 0. The van der Waals surface area contributed by atoms with Crippen molar-refractivity contribution in [3.63, 3.8) is 0 Å². The fourth-order valence-corrected chi connectivity index (χ4v) is 3.94. The minimum Gasteiger partial charge on any atom is -0.462 e. The number of carbonyl (C=O) groups excluding carboxylic acids is 4. The molecule has 3 aromatic rings. The predicted octanol–water partition coefficient (Wildman–Crippen LogP) is 5.51. The van der Waals surface area contributed by atoms with Crippen LogP contribution in [-0.4, -0.2) is 30.3 Å². The quantitative estimate of drug-likeness (QED) is 0.304. The van der Waals surface area contributed by atoms with Crippen molar-refractivity contribution >= 4 is 64.0 Å². The molecule has 0 radical (unpaired) electrons. The molecule has 3 amide bonds. The molecule has 2 N–H and O–H groups in total. The van der Waals surface area contributed by atoms with Gasteiger partial charge < -0.3 is 15.4 Å². The molecule has 0 bridgehead atoms. The van der Waals surface area contributed by atoms with Gasteiger partial charge in [0, 0.05) is 22.0 Å². The van der Waals surface area contributed by atoms with Gasteiger partial charge in [-0.05, 0) is 74.0 Å². The molecule has 8 nitrogen and oxygen atoms in total. The van der Waals surface area contributed by atoms with Crippen molar-refractivity contribution in [3.05, 3.63) is 99.2 Å². The molecule has 188 valence electrons. The van der Waals surface area contributed by atoms with E-state index in [4.69, 9.17) is 27.9 Å². The lowest BCUT2D eigenvalue weighted by Gasteiger charge is -2.16. The van der Waals surface area contributed by atoms with Crippen molar-refractivity contribution in [3.8, 4) is 0 Å². The van der Waals surface area contributed by atoms with Crippen LogP contribution in [0.15, 0.2) is 77.5 Å². The third kappa shape index (κ3) is 5.50. The third-order valence-electron chi connectivity index (χ3n) is 5.49. The predicted molar refractivity (Wildman–Crippen MR) is 142 cm³/mol. The van der Waals surface area contributed by atoms with Gasteiger partial charge in [-0.25, -0.2) is 9.69 Å². The highest BCUT2D eigenvalue weighted by atomic mass is 35.5. The first kappa shape index (κ1) is 25.9. The molecule has 10 heteroatoms. The van der Waals surface area contributed by atoms with Gasteiger partial charge in [-0.1, -0.05) is 35.3 Å². The Balaban J connectivity index is 1.48. The summed E-state index contributed by atoms with van der Waals surface area (Å²) in [6, 6.07) is 17.5. The molecular formula is C27H21Cl2N3O5. The number of aryl methyl sites for hydroxylation is 1. The van der Waals surface area contributed by atoms with Gasteiger partial charge in [-0.3, -0.25) is 14.4 Å². The number of carbonyl (C=O) groups is 4. The molecule has 0 saturated heterocycles. The molecule has 0 unspecified atom stereocenters. The highest BCUT2D eigenvalue weighted by Crippen LogP contribution is 2.32. The number of nitrogens with zero attached hydrogens (tertiary/aromatic N) is 1. The van der Waals surface area contributed by atoms with Gasteiger partial charge in [0.1, 0.15) is 10.7 Å². The second kappa shape index (κ2) is 10.9. The van der Waals surface area contributed by atoms with E-state index in [1.54, 1.807) is 68.4 Å². The van der Waals surface area contributed by atoms with Crippen LogP contribution >= 0.6 is 23.2 Å². The van der Waals surface area contributed by atoms with Crippen LogP contribution < -0.4 is 15.5 Å². The van der Waals surface area contributed by atoms with Crippen LogP contribution in [-0.2, 0) is 14.3 Å². The molecule has 0 spiro atoms. The highest BCUT2D eigenvalue weighted by Gasteiger charge is 2.39. The summed E-state index contributed by atoms with van der Waals surface area (Å²) in [5, 5.41) is 5.73. The molecule has 1 aliphatic heterocycles. The third-order valence-corrected chi connectivity index (χ3v) is 6.25. The van der Waals surface area contributed by atoms with Gasteiger partial charge in [0.25, 0.3) is 17.7 Å².